The summed E-state index contributed by atoms with van der Waals surface area (Å²) in [6, 6.07) is 1.53. The van der Waals surface area contributed by atoms with E-state index in [2.05, 4.69) is 24.1 Å². The largest absolute Gasteiger partial charge is 0.381 e. The molecule has 3 aliphatic rings. The minimum atomic E-state index is 0.716. The second-order valence-electron chi connectivity index (χ2n) is 6.12. The van der Waals surface area contributed by atoms with Crippen LogP contribution in [0.15, 0.2) is 0 Å². The molecule has 0 spiro atoms. The van der Waals surface area contributed by atoms with Crippen LogP contribution in [0.5, 0.6) is 0 Å². The van der Waals surface area contributed by atoms with Crippen molar-refractivity contribution >= 4 is 0 Å². The molecule has 1 N–H and O–H groups in total. The van der Waals surface area contributed by atoms with Gasteiger partial charge in [-0.25, -0.2) is 0 Å². The number of nitrogens with one attached hydrogen (secondary N) is 1. The summed E-state index contributed by atoms with van der Waals surface area (Å²) in [5.41, 5.74) is 0. The molecular weight excluding hydrogens is 212 g/mol. The van der Waals surface area contributed by atoms with Gasteiger partial charge in [-0.1, -0.05) is 6.92 Å². The zero-order valence-electron chi connectivity index (χ0n) is 11.2. The van der Waals surface area contributed by atoms with E-state index in [1.165, 1.54) is 32.5 Å². The maximum atomic E-state index is 5.56. The minimum absolute atomic E-state index is 0.716. The first-order valence-electron chi connectivity index (χ1n) is 7.35. The van der Waals surface area contributed by atoms with Crippen LogP contribution in [-0.4, -0.2) is 49.8 Å². The molecule has 0 saturated carbocycles. The highest BCUT2D eigenvalue weighted by atomic mass is 16.5. The Bertz CT molecular complexity index is 265. The number of nitrogens with zero attached hydrogens (tertiary/aromatic N) is 1. The van der Waals surface area contributed by atoms with Gasteiger partial charge in [0.15, 0.2) is 0 Å². The molecule has 3 nitrogen and oxygen atoms in total. The van der Waals surface area contributed by atoms with Gasteiger partial charge in [0.05, 0.1) is 6.61 Å². The van der Waals surface area contributed by atoms with Gasteiger partial charge in [-0.15, -0.1) is 0 Å². The SMILES string of the molecule is CCC1C2CNCC2CN1C(C)C1CCOC1. The molecule has 0 bridgehead atoms. The smallest absolute Gasteiger partial charge is 0.0509 e. The molecule has 98 valence electrons. The standard InChI is InChI=1S/C14H26N2O/c1-3-14-13-7-15-6-12(13)8-16(14)10(2)11-4-5-17-9-11/h10-15H,3-9H2,1-2H3. The lowest BCUT2D eigenvalue weighted by molar-refractivity contribution is 0.105. The van der Waals surface area contributed by atoms with E-state index in [1.54, 1.807) is 0 Å². The predicted molar refractivity (Wildman–Crippen MR) is 69.0 cm³/mol. The maximum Gasteiger partial charge on any atom is 0.0509 e. The van der Waals surface area contributed by atoms with Gasteiger partial charge in [0.2, 0.25) is 0 Å². The maximum absolute atomic E-state index is 5.56. The normalized spacial score (nSPS) is 44.1. The van der Waals surface area contributed by atoms with Crippen molar-refractivity contribution in [2.24, 2.45) is 17.8 Å². The highest BCUT2D eigenvalue weighted by Gasteiger charge is 2.45. The summed E-state index contributed by atoms with van der Waals surface area (Å²) >= 11 is 0. The van der Waals surface area contributed by atoms with E-state index in [9.17, 15) is 0 Å². The van der Waals surface area contributed by atoms with Crippen LogP contribution < -0.4 is 5.32 Å². The van der Waals surface area contributed by atoms with Crippen LogP contribution in [0.4, 0.5) is 0 Å². The van der Waals surface area contributed by atoms with Gasteiger partial charge in [-0.2, -0.15) is 0 Å². The number of ether oxygens (including phenoxy) is 1. The summed E-state index contributed by atoms with van der Waals surface area (Å²) in [4.78, 5) is 2.80. The second kappa shape index (κ2) is 4.87. The Morgan fingerprint density at radius 2 is 2.29 bits per heavy atom. The van der Waals surface area contributed by atoms with Crippen molar-refractivity contribution in [1.29, 1.82) is 0 Å². The first kappa shape index (κ1) is 11.9. The van der Waals surface area contributed by atoms with Gasteiger partial charge in [0, 0.05) is 25.2 Å². The Labute approximate surface area is 105 Å². The van der Waals surface area contributed by atoms with E-state index >= 15 is 0 Å². The molecule has 3 heterocycles. The van der Waals surface area contributed by atoms with Crippen molar-refractivity contribution in [2.45, 2.75) is 38.8 Å². The average Bonchev–Trinajstić information content (AvgIpc) is 3.03. The molecule has 3 saturated heterocycles. The van der Waals surface area contributed by atoms with Crippen molar-refractivity contribution in [3.05, 3.63) is 0 Å². The van der Waals surface area contributed by atoms with E-state index in [1.807, 2.05) is 0 Å². The molecule has 0 aromatic rings. The molecule has 0 radical (unpaired) electrons. The predicted octanol–water partition coefficient (Wildman–Crippen LogP) is 1.34. The van der Waals surface area contributed by atoms with E-state index in [0.29, 0.717) is 6.04 Å². The topological polar surface area (TPSA) is 24.5 Å². The van der Waals surface area contributed by atoms with Crippen LogP contribution >= 0.6 is 0 Å². The monoisotopic (exact) mass is 238 g/mol. The Balaban J connectivity index is 1.69. The first-order valence-corrected chi connectivity index (χ1v) is 7.35. The number of likely N-dealkylation sites (tertiary alicyclic amines) is 1. The quantitative estimate of drug-likeness (QED) is 0.803. The Morgan fingerprint density at radius 1 is 1.41 bits per heavy atom. The summed E-state index contributed by atoms with van der Waals surface area (Å²) in [7, 11) is 0. The number of fused-ring (bicyclic) bond motifs is 1. The van der Waals surface area contributed by atoms with Crippen LogP contribution in [-0.2, 0) is 4.74 Å². The molecule has 5 atom stereocenters. The molecule has 3 heteroatoms. The van der Waals surface area contributed by atoms with Gasteiger partial charge in [-0.3, -0.25) is 4.90 Å². The van der Waals surface area contributed by atoms with Crippen LogP contribution in [0.2, 0.25) is 0 Å². The van der Waals surface area contributed by atoms with Crippen LogP contribution in [0.25, 0.3) is 0 Å². The summed E-state index contributed by atoms with van der Waals surface area (Å²) in [6.07, 6.45) is 2.57. The molecule has 17 heavy (non-hydrogen) atoms. The summed E-state index contributed by atoms with van der Waals surface area (Å²) in [5, 5.41) is 3.57. The zero-order chi connectivity index (χ0) is 11.8. The average molecular weight is 238 g/mol. The zero-order valence-corrected chi connectivity index (χ0v) is 11.2. The third-order valence-corrected chi connectivity index (χ3v) is 5.35. The van der Waals surface area contributed by atoms with Gasteiger partial charge in [0.25, 0.3) is 0 Å². The Kier molecular flexibility index (Phi) is 3.42. The van der Waals surface area contributed by atoms with E-state index < -0.39 is 0 Å². The van der Waals surface area contributed by atoms with Gasteiger partial charge in [-0.05, 0) is 50.6 Å². The molecule has 0 aromatic heterocycles. The van der Waals surface area contributed by atoms with Crippen molar-refractivity contribution in [3.8, 4) is 0 Å². The number of rotatable bonds is 3. The van der Waals surface area contributed by atoms with Crippen LogP contribution in [0, 0.1) is 17.8 Å². The number of hydrogen-bond acceptors (Lipinski definition) is 3. The van der Waals surface area contributed by atoms with Crippen molar-refractivity contribution in [1.82, 2.24) is 10.2 Å². The van der Waals surface area contributed by atoms with Gasteiger partial charge < -0.3 is 10.1 Å². The van der Waals surface area contributed by atoms with Crippen molar-refractivity contribution < 1.29 is 4.74 Å². The molecule has 5 unspecified atom stereocenters. The summed E-state index contributed by atoms with van der Waals surface area (Å²) in [6.45, 7) is 10.6. The molecule has 3 aliphatic heterocycles. The summed E-state index contributed by atoms with van der Waals surface area (Å²) < 4.78 is 5.56. The second-order valence-corrected chi connectivity index (χ2v) is 6.12. The van der Waals surface area contributed by atoms with Crippen molar-refractivity contribution in [3.63, 3.8) is 0 Å². The first-order chi connectivity index (χ1) is 8.31. The fourth-order valence-electron chi connectivity index (χ4n) is 4.27. The molecule has 0 amide bonds. The van der Waals surface area contributed by atoms with E-state index in [-0.39, 0.29) is 0 Å². The van der Waals surface area contributed by atoms with Gasteiger partial charge in [0.1, 0.15) is 0 Å². The number of hydrogen-bond donors (Lipinski definition) is 1. The van der Waals surface area contributed by atoms with Crippen LogP contribution in [0.3, 0.4) is 0 Å². The highest BCUT2D eigenvalue weighted by Crippen LogP contribution is 2.37. The molecule has 0 aliphatic carbocycles. The molecule has 3 fully saturated rings. The Morgan fingerprint density at radius 3 is 3.00 bits per heavy atom. The minimum Gasteiger partial charge on any atom is -0.381 e. The lowest BCUT2D eigenvalue weighted by Crippen LogP contribution is -2.44. The van der Waals surface area contributed by atoms with Crippen molar-refractivity contribution in [2.75, 3.05) is 32.8 Å². The fraction of sp³-hybridized carbons (Fsp3) is 1.00. The lowest BCUT2D eigenvalue weighted by Gasteiger charge is -2.35. The highest BCUT2D eigenvalue weighted by molar-refractivity contribution is 5.00. The Hall–Kier alpha value is -0.120. The van der Waals surface area contributed by atoms with E-state index in [4.69, 9.17) is 4.74 Å². The third-order valence-electron chi connectivity index (χ3n) is 5.35. The lowest BCUT2D eigenvalue weighted by atomic mass is 9.92. The fourth-order valence-corrected chi connectivity index (χ4v) is 4.27. The van der Waals surface area contributed by atoms with E-state index in [0.717, 1.165) is 37.0 Å². The summed E-state index contributed by atoms with van der Waals surface area (Å²) in [5.74, 6) is 2.59. The molecule has 3 rings (SSSR count). The molecule has 0 aromatic carbocycles. The van der Waals surface area contributed by atoms with Crippen LogP contribution in [0.1, 0.15) is 26.7 Å². The third kappa shape index (κ3) is 2.02. The van der Waals surface area contributed by atoms with Gasteiger partial charge >= 0.3 is 0 Å². The molecular formula is C14H26N2O.